The standard InChI is InChI=1S/C30H33ClN4O3S/c31-24-3-1-21(2-4-24)17-32-30(37)27-20-35-19-23(5-6-33-9-13-39-14-10-33)25-15-22(16-26(28(25)35)29(27)36)18-34-7-11-38-12-8-34/h1-4,15-16,19-20H,5-14,17-18H2,(H,32,37). The van der Waals surface area contributed by atoms with E-state index in [4.69, 9.17) is 16.3 Å². The van der Waals surface area contributed by atoms with E-state index >= 15 is 0 Å². The van der Waals surface area contributed by atoms with Gasteiger partial charge in [0.2, 0.25) is 5.43 Å². The Kier molecular flexibility index (Phi) is 8.09. The minimum atomic E-state index is -0.367. The number of carbonyl (C=O) groups is 1. The first kappa shape index (κ1) is 26.6. The average molecular weight is 565 g/mol. The summed E-state index contributed by atoms with van der Waals surface area (Å²) in [6.45, 7) is 7.52. The van der Waals surface area contributed by atoms with Gasteiger partial charge in [0.25, 0.3) is 5.91 Å². The fourth-order valence-electron chi connectivity index (χ4n) is 5.59. The summed E-state index contributed by atoms with van der Waals surface area (Å²) in [5.74, 6) is 2.00. The van der Waals surface area contributed by atoms with Crippen LogP contribution in [0.5, 0.6) is 0 Å². The highest BCUT2D eigenvalue weighted by atomic mass is 35.5. The van der Waals surface area contributed by atoms with Gasteiger partial charge in [-0.3, -0.25) is 14.5 Å². The summed E-state index contributed by atoms with van der Waals surface area (Å²) in [4.78, 5) is 31.9. The second-order valence-corrected chi connectivity index (χ2v) is 12.0. The number of morpholine rings is 1. The molecule has 9 heteroatoms. The fourth-order valence-corrected chi connectivity index (χ4v) is 6.69. The molecule has 0 saturated carbocycles. The van der Waals surface area contributed by atoms with Gasteiger partial charge in [0.1, 0.15) is 5.56 Å². The Morgan fingerprint density at radius 2 is 1.69 bits per heavy atom. The zero-order valence-electron chi connectivity index (χ0n) is 22.0. The Bertz CT molecular complexity index is 1510. The van der Waals surface area contributed by atoms with E-state index in [-0.39, 0.29) is 16.9 Å². The minimum absolute atomic E-state index is 0.163. The largest absolute Gasteiger partial charge is 0.379 e. The van der Waals surface area contributed by atoms with E-state index < -0.39 is 0 Å². The van der Waals surface area contributed by atoms with Crippen molar-refractivity contribution in [3.05, 3.63) is 86.3 Å². The van der Waals surface area contributed by atoms with Crippen LogP contribution < -0.4 is 10.7 Å². The van der Waals surface area contributed by atoms with Gasteiger partial charge in [-0.15, -0.1) is 0 Å². The third-order valence-corrected chi connectivity index (χ3v) is 8.94. The molecule has 2 aromatic carbocycles. The van der Waals surface area contributed by atoms with Crippen LogP contribution in [-0.2, 0) is 24.2 Å². The number of amides is 1. The molecular weight excluding hydrogens is 532 g/mol. The number of nitrogens with one attached hydrogen (secondary N) is 1. The number of hydrogen-bond acceptors (Lipinski definition) is 6. The summed E-state index contributed by atoms with van der Waals surface area (Å²) in [7, 11) is 0. The van der Waals surface area contributed by atoms with E-state index in [0.717, 1.165) is 80.9 Å². The van der Waals surface area contributed by atoms with Crippen LogP contribution >= 0.6 is 23.4 Å². The van der Waals surface area contributed by atoms with Gasteiger partial charge in [-0.05, 0) is 47.4 Å². The lowest BCUT2D eigenvalue weighted by molar-refractivity contribution is 0.0342. The highest BCUT2D eigenvalue weighted by molar-refractivity contribution is 7.99. The van der Waals surface area contributed by atoms with Crippen LogP contribution in [0, 0.1) is 0 Å². The number of aromatic nitrogens is 1. The maximum atomic E-state index is 13.8. The molecular formula is C30H33ClN4O3S. The molecule has 2 aliphatic rings. The third kappa shape index (κ3) is 5.95. The molecule has 0 spiro atoms. The van der Waals surface area contributed by atoms with Crippen molar-refractivity contribution in [1.82, 2.24) is 19.5 Å². The Labute approximate surface area is 237 Å². The maximum Gasteiger partial charge on any atom is 0.257 e. The second kappa shape index (κ2) is 11.9. The van der Waals surface area contributed by atoms with Gasteiger partial charge in [-0.2, -0.15) is 11.8 Å². The monoisotopic (exact) mass is 564 g/mol. The van der Waals surface area contributed by atoms with Crippen LogP contribution in [0.2, 0.25) is 5.02 Å². The number of thioether (sulfide) groups is 1. The first-order valence-electron chi connectivity index (χ1n) is 13.6. The van der Waals surface area contributed by atoms with Crippen LogP contribution in [-0.4, -0.2) is 77.6 Å². The normalized spacial score (nSPS) is 17.3. The quantitative estimate of drug-likeness (QED) is 0.350. The molecule has 0 unspecified atom stereocenters. The van der Waals surface area contributed by atoms with E-state index in [1.807, 2.05) is 34.4 Å². The van der Waals surface area contributed by atoms with Crippen molar-refractivity contribution in [1.29, 1.82) is 0 Å². The van der Waals surface area contributed by atoms with E-state index in [9.17, 15) is 9.59 Å². The molecule has 2 aromatic heterocycles. The van der Waals surface area contributed by atoms with Crippen molar-refractivity contribution < 1.29 is 9.53 Å². The van der Waals surface area contributed by atoms with Crippen molar-refractivity contribution in [2.45, 2.75) is 19.5 Å². The lowest BCUT2D eigenvalue weighted by Crippen LogP contribution is -2.35. The minimum Gasteiger partial charge on any atom is -0.379 e. The van der Waals surface area contributed by atoms with Gasteiger partial charge in [0.15, 0.2) is 0 Å². The molecule has 0 atom stereocenters. The molecule has 204 valence electrons. The van der Waals surface area contributed by atoms with Crippen molar-refractivity contribution in [2.75, 3.05) is 57.4 Å². The molecule has 4 aromatic rings. The molecule has 0 bridgehead atoms. The van der Waals surface area contributed by atoms with Gasteiger partial charge in [0.05, 0.1) is 18.7 Å². The molecule has 0 aliphatic carbocycles. The highest BCUT2D eigenvalue weighted by Crippen LogP contribution is 2.28. The van der Waals surface area contributed by atoms with Crippen LogP contribution in [0.3, 0.4) is 0 Å². The molecule has 0 radical (unpaired) electrons. The number of benzene rings is 2. The molecule has 4 heterocycles. The predicted molar refractivity (Wildman–Crippen MR) is 159 cm³/mol. The number of rotatable bonds is 8. The zero-order valence-corrected chi connectivity index (χ0v) is 23.5. The van der Waals surface area contributed by atoms with E-state index in [2.05, 4.69) is 27.4 Å². The van der Waals surface area contributed by atoms with Crippen LogP contribution in [0.1, 0.15) is 27.0 Å². The summed E-state index contributed by atoms with van der Waals surface area (Å²) in [5, 5.41) is 5.29. The molecule has 7 nitrogen and oxygen atoms in total. The Hall–Kier alpha value is -2.62. The summed E-state index contributed by atoms with van der Waals surface area (Å²) in [6, 6.07) is 11.6. The number of halogens is 1. The van der Waals surface area contributed by atoms with Crippen LogP contribution in [0.4, 0.5) is 0 Å². The number of ether oxygens (including phenoxy) is 1. The third-order valence-electron chi connectivity index (χ3n) is 7.75. The van der Waals surface area contributed by atoms with Gasteiger partial charge in [0, 0.05) is 85.5 Å². The van der Waals surface area contributed by atoms with Crippen molar-refractivity contribution >= 4 is 45.6 Å². The van der Waals surface area contributed by atoms with E-state index in [0.29, 0.717) is 17.0 Å². The summed E-state index contributed by atoms with van der Waals surface area (Å²) < 4.78 is 7.52. The van der Waals surface area contributed by atoms with Crippen molar-refractivity contribution in [3.63, 3.8) is 0 Å². The van der Waals surface area contributed by atoms with E-state index in [1.165, 1.54) is 17.1 Å². The number of hydrogen-bond donors (Lipinski definition) is 1. The van der Waals surface area contributed by atoms with Gasteiger partial charge in [-0.25, -0.2) is 0 Å². The highest BCUT2D eigenvalue weighted by Gasteiger charge is 2.21. The van der Waals surface area contributed by atoms with Crippen molar-refractivity contribution in [2.24, 2.45) is 0 Å². The summed E-state index contributed by atoms with van der Waals surface area (Å²) in [6.07, 6.45) is 4.73. The second-order valence-electron chi connectivity index (χ2n) is 10.4. The molecule has 1 N–H and O–H groups in total. The average Bonchev–Trinajstić information content (AvgIpc) is 3.32. The maximum absolute atomic E-state index is 13.8. The molecule has 6 rings (SSSR count). The molecule has 2 saturated heterocycles. The Morgan fingerprint density at radius 3 is 2.46 bits per heavy atom. The number of pyridine rings is 1. The Morgan fingerprint density at radius 1 is 0.949 bits per heavy atom. The lowest BCUT2D eigenvalue weighted by Gasteiger charge is -2.27. The molecule has 1 amide bonds. The van der Waals surface area contributed by atoms with Crippen molar-refractivity contribution in [3.8, 4) is 0 Å². The zero-order chi connectivity index (χ0) is 26.8. The first-order valence-corrected chi connectivity index (χ1v) is 15.1. The van der Waals surface area contributed by atoms with Crippen LogP contribution in [0.25, 0.3) is 16.3 Å². The molecule has 39 heavy (non-hydrogen) atoms. The molecule has 2 fully saturated rings. The van der Waals surface area contributed by atoms with Gasteiger partial charge < -0.3 is 19.4 Å². The molecule has 2 aliphatic heterocycles. The number of nitrogens with zero attached hydrogens (tertiary/aromatic N) is 3. The number of carbonyl (C=O) groups excluding carboxylic acids is 1. The summed E-state index contributed by atoms with van der Waals surface area (Å²) >= 11 is 8.00. The van der Waals surface area contributed by atoms with E-state index in [1.54, 1.807) is 18.3 Å². The smallest absolute Gasteiger partial charge is 0.257 e. The SMILES string of the molecule is O=C(NCc1ccc(Cl)cc1)c1cn2cc(CCN3CCSCC3)c3cc(CN4CCOCC4)cc(c1=O)c32. The predicted octanol–water partition coefficient (Wildman–Crippen LogP) is 3.90. The topological polar surface area (TPSA) is 66.3 Å². The fraction of sp³-hybridized carbons (Fsp3) is 0.400. The first-order chi connectivity index (χ1) is 19.0. The lowest BCUT2D eigenvalue weighted by atomic mass is 10.0. The Balaban J connectivity index is 1.34. The van der Waals surface area contributed by atoms with Gasteiger partial charge >= 0.3 is 0 Å². The van der Waals surface area contributed by atoms with Crippen LogP contribution in [0.15, 0.2) is 53.6 Å². The van der Waals surface area contributed by atoms with Gasteiger partial charge in [-0.1, -0.05) is 23.7 Å². The summed E-state index contributed by atoms with van der Waals surface area (Å²) in [5.41, 5.74) is 4.10.